The lowest BCUT2D eigenvalue weighted by Crippen LogP contribution is -2.12. The molecular weight excluding hydrogens is 474 g/mol. The number of carbonyl (C=O) groups is 1. The van der Waals surface area contributed by atoms with E-state index in [1.807, 2.05) is 92.1 Å². The highest BCUT2D eigenvalue weighted by molar-refractivity contribution is 7.99. The van der Waals surface area contributed by atoms with Crippen molar-refractivity contribution >= 4 is 17.5 Å². The Morgan fingerprint density at radius 1 is 0.917 bits per heavy atom. The Kier molecular flexibility index (Phi) is 7.95. The summed E-state index contributed by atoms with van der Waals surface area (Å²) < 4.78 is 18.7. The molecule has 0 bridgehead atoms. The lowest BCUT2D eigenvalue weighted by atomic mass is 10.0. The molecule has 4 aromatic rings. The highest BCUT2D eigenvalue weighted by Crippen LogP contribution is 2.30. The van der Waals surface area contributed by atoms with Crippen molar-refractivity contribution < 1.29 is 19.0 Å². The van der Waals surface area contributed by atoms with Gasteiger partial charge in [0, 0.05) is 11.3 Å². The van der Waals surface area contributed by atoms with E-state index in [0.29, 0.717) is 22.3 Å². The van der Waals surface area contributed by atoms with E-state index in [1.165, 1.54) is 11.8 Å². The van der Waals surface area contributed by atoms with E-state index in [-0.39, 0.29) is 17.6 Å². The number of hydrogen-bond donors (Lipinski definition) is 0. The van der Waals surface area contributed by atoms with Gasteiger partial charge in [-0.25, -0.2) is 0 Å². The van der Waals surface area contributed by atoms with E-state index >= 15 is 0 Å². The number of benzene rings is 3. The van der Waals surface area contributed by atoms with Crippen molar-refractivity contribution in [2.45, 2.75) is 32.0 Å². The number of aromatic nitrogens is 3. The Labute approximate surface area is 215 Å². The summed E-state index contributed by atoms with van der Waals surface area (Å²) in [5, 5.41) is 9.48. The van der Waals surface area contributed by atoms with Gasteiger partial charge in [-0.2, -0.15) is 0 Å². The number of rotatable bonds is 10. The van der Waals surface area contributed by atoms with E-state index in [9.17, 15) is 4.79 Å². The number of carbonyl (C=O) groups excluding carboxylic acids is 1. The zero-order valence-corrected chi connectivity index (χ0v) is 21.8. The van der Waals surface area contributed by atoms with Gasteiger partial charge in [0.05, 0.1) is 20.0 Å². The molecule has 1 heterocycles. The van der Waals surface area contributed by atoms with Gasteiger partial charge >= 0.3 is 0 Å². The Bertz CT molecular complexity index is 1340. The smallest absolute Gasteiger partial charge is 0.196 e. The zero-order chi connectivity index (χ0) is 25.7. The molecule has 7 nitrogen and oxygen atoms in total. The lowest BCUT2D eigenvalue weighted by Gasteiger charge is -2.17. The third kappa shape index (κ3) is 5.54. The van der Waals surface area contributed by atoms with Crippen LogP contribution in [0.1, 0.15) is 40.3 Å². The first-order chi connectivity index (χ1) is 17.4. The molecule has 0 amide bonds. The van der Waals surface area contributed by atoms with Crippen molar-refractivity contribution in [1.82, 2.24) is 14.8 Å². The Morgan fingerprint density at radius 3 is 2.28 bits per heavy atom. The SMILES string of the molecule is COc1ccc(OC(C)c2nnc(SCC(=O)c3cc(C)c(OC)cc3C)n2-c2ccccc2)cc1. The number of ketones is 1. The number of hydrogen-bond acceptors (Lipinski definition) is 7. The number of thioether (sulfide) groups is 1. The van der Waals surface area contributed by atoms with Crippen LogP contribution in [0, 0.1) is 13.8 Å². The van der Waals surface area contributed by atoms with Crippen LogP contribution in [0.5, 0.6) is 17.2 Å². The predicted octanol–water partition coefficient (Wildman–Crippen LogP) is 6.02. The third-order valence-corrected chi connectivity index (χ3v) is 6.71. The van der Waals surface area contributed by atoms with Crippen molar-refractivity contribution in [2.24, 2.45) is 0 Å². The fourth-order valence-electron chi connectivity index (χ4n) is 3.89. The van der Waals surface area contributed by atoms with Crippen molar-refractivity contribution in [3.63, 3.8) is 0 Å². The normalized spacial score (nSPS) is 11.7. The van der Waals surface area contributed by atoms with Gasteiger partial charge in [0.1, 0.15) is 17.2 Å². The quantitative estimate of drug-likeness (QED) is 0.194. The molecule has 0 radical (unpaired) electrons. The fraction of sp³-hybridized carbons (Fsp3) is 0.250. The van der Waals surface area contributed by atoms with Gasteiger partial charge < -0.3 is 14.2 Å². The van der Waals surface area contributed by atoms with Gasteiger partial charge in [0.2, 0.25) is 0 Å². The summed E-state index contributed by atoms with van der Waals surface area (Å²) in [5.74, 6) is 3.12. The fourth-order valence-corrected chi connectivity index (χ4v) is 4.73. The molecule has 0 N–H and O–H groups in total. The van der Waals surface area contributed by atoms with E-state index in [1.54, 1.807) is 14.2 Å². The maximum atomic E-state index is 13.1. The molecule has 0 fully saturated rings. The molecule has 1 unspecified atom stereocenters. The first-order valence-corrected chi connectivity index (χ1v) is 12.5. The monoisotopic (exact) mass is 503 g/mol. The molecule has 0 aliphatic carbocycles. The first kappa shape index (κ1) is 25.3. The average molecular weight is 504 g/mol. The summed E-state index contributed by atoms with van der Waals surface area (Å²) in [6.45, 7) is 5.78. The third-order valence-electron chi connectivity index (χ3n) is 5.78. The predicted molar refractivity (Wildman–Crippen MR) is 141 cm³/mol. The molecule has 1 atom stereocenters. The topological polar surface area (TPSA) is 75.5 Å². The van der Waals surface area contributed by atoms with Crippen molar-refractivity contribution in [3.8, 4) is 22.9 Å². The molecule has 0 aliphatic heterocycles. The molecule has 0 aliphatic rings. The zero-order valence-electron chi connectivity index (χ0n) is 21.0. The van der Waals surface area contributed by atoms with E-state index in [2.05, 4.69) is 10.2 Å². The number of aryl methyl sites for hydroxylation is 2. The first-order valence-electron chi connectivity index (χ1n) is 11.5. The summed E-state index contributed by atoms with van der Waals surface area (Å²) in [6, 6.07) is 21.0. The molecule has 0 saturated carbocycles. The minimum absolute atomic E-state index is 0.0231. The molecule has 1 aromatic heterocycles. The van der Waals surface area contributed by atoms with Crippen molar-refractivity contribution in [1.29, 1.82) is 0 Å². The van der Waals surface area contributed by atoms with Gasteiger partial charge in [-0.15, -0.1) is 10.2 Å². The Hall–Kier alpha value is -3.78. The average Bonchev–Trinajstić information content (AvgIpc) is 3.33. The Balaban J connectivity index is 1.58. The van der Waals surface area contributed by atoms with Crippen LogP contribution in [0.25, 0.3) is 5.69 Å². The summed E-state index contributed by atoms with van der Waals surface area (Å²) in [4.78, 5) is 13.1. The summed E-state index contributed by atoms with van der Waals surface area (Å²) >= 11 is 1.36. The molecule has 186 valence electrons. The standard InChI is InChI=1S/C28H29N3O4S/c1-18-16-26(34-5)19(2)15-24(18)25(32)17-36-28-30-29-27(31(28)21-9-7-6-8-10-21)20(3)35-23-13-11-22(33-4)12-14-23/h6-16,20H,17H2,1-5H3. The largest absolute Gasteiger partial charge is 0.497 e. The summed E-state index contributed by atoms with van der Waals surface area (Å²) in [6.07, 6.45) is -0.386. The van der Waals surface area contributed by atoms with Crippen LogP contribution in [0.3, 0.4) is 0 Å². The number of Topliss-reactive ketones (excluding diaryl/α,β-unsaturated/α-hetero) is 1. The van der Waals surface area contributed by atoms with E-state index < -0.39 is 0 Å². The van der Waals surface area contributed by atoms with Crippen LogP contribution in [-0.2, 0) is 0 Å². The van der Waals surface area contributed by atoms with Crippen LogP contribution in [-0.4, -0.2) is 40.5 Å². The second-order valence-corrected chi connectivity index (χ2v) is 9.24. The van der Waals surface area contributed by atoms with E-state index in [0.717, 1.165) is 28.3 Å². The number of ether oxygens (including phenoxy) is 3. The molecule has 0 saturated heterocycles. The van der Waals surface area contributed by atoms with Gasteiger partial charge in [0.25, 0.3) is 0 Å². The molecule has 8 heteroatoms. The van der Waals surface area contributed by atoms with Crippen molar-refractivity contribution in [2.75, 3.05) is 20.0 Å². The number of methoxy groups -OCH3 is 2. The van der Waals surface area contributed by atoms with Crippen LogP contribution in [0.4, 0.5) is 0 Å². The highest BCUT2D eigenvalue weighted by atomic mass is 32.2. The van der Waals surface area contributed by atoms with Gasteiger partial charge in [-0.05, 0) is 80.4 Å². The van der Waals surface area contributed by atoms with Crippen LogP contribution in [0.15, 0.2) is 71.9 Å². The van der Waals surface area contributed by atoms with Gasteiger partial charge in [-0.1, -0.05) is 30.0 Å². The second-order valence-electron chi connectivity index (χ2n) is 8.30. The van der Waals surface area contributed by atoms with Crippen LogP contribution in [0.2, 0.25) is 0 Å². The van der Waals surface area contributed by atoms with Crippen LogP contribution < -0.4 is 14.2 Å². The second kappa shape index (κ2) is 11.3. The van der Waals surface area contributed by atoms with Gasteiger partial charge in [-0.3, -0.25) is 9.36 Å². The minimum atomic E-state index is -0.386. The molecule has 3 aromatic carbocycles. The number of para-hydroxylation sites is 1. The molecule has 4 rings (SSSR count). The maximum Gasteiger partial charge on any atom is 0.196 e. The molecule has 36 heavy (non-hydrogen) atoms. The molecular formula is C28H29N3O4S. The maximum absolute atomic E-state index is 13.1. The van der Waals surface area contributed by atoms with Gasteiger partial charge in [0.15, 0.2) is 22.9 Å². The summed E-state index contributed by atoms with van der Waals surface area (Å²) in [5.41, 5.74) is 3.39. The molecule has 0 spiro atoms. The lowest BCUT2D eigenvalue weighted by molar-refractivity contribution is 0.102. The number of nitrogens with zero attached hydrogens (tertiary/aromatic N) is 3. The van der Waals surface area contributed by atoms with Crippen molar-refractivity contribution in [3.05, 3.63) is 89.2 Å². The van der Waals surface area contributed by atoms with E-state index in [4.69, 9.17) is 14.2 Å². The summed E-state index contributed by atoms with van der Waals surface area (Å²) in [7, 11) is 3.26. The minimum Gasteiger partial charge on any atom is -0.497 e. The van der Waals surface area contributed by atoms with Crippen LogP contribution >= 0.6 is 11.8 Å². The highest BCUT2D eigenvalue weighted by Gasteiger charge is 2.22. The Morgan fingerprint density at radius 2 is 1.61 bits per heavy atom.